The zero-order valence-electron chi connectivity index (χ0n) is 14.2. The van der Waals surface area contributed by atoms with Crippen molar-refractivity contribution in [3.05, 3.63) is 71.8 Å². The summed E-state index contributed by atoms with van der Waals surface area (Å²) in [6.45, 7) is 0.133. The van der Waals surface area contributed by atoms with Gasteiger partial charge in [-0.15, -0.1) is 5.10 Å². The molecule has 8 heteroatoms. The summed E-state index contributed by atoms with van der Waals surface area (Å²) < 4.78 is 15.0. The summed E-state index contributed by atoms with van der Waals surface area (Å²) in [7, 11) is 0. The molecule has 3 N–H and O–H groups in total. The van der Waals surface area contributed by atoms with E-state index in [4.69, 9.17) is 0 Å². The summed E-state index contributed by atoms with van der Waals surface area (Å²) in [6.07, 6.45) is 3.28. The van der Waals surface area contributed by atoms with Crippen LogP contribution in [0.5, 0.6) is 5.75 Å². The Balaban J connectivity index is 1.64. The summed E-state index contributed by atoms with van der Waals surface area (Å²) in [6, 6.07) is 10.8. The molecule has 27 heavy (non-hydrogen) atoms. The molecule has 0 atom stereocenters. The van der Waals surface area contributed by atoms with Gasteiger partial charge in [-0.2, -0.15) is 0 Å². The van der Waals surface area contributed by atoms with Gasteiger partial charge in [0.25, 0.3) is 0 Å². The number of aromatic hydroxyl groups is 1. The fraction of sp³-hybridized carbons (Fsp3) is 0.105. The minimum Gasteiger partial charge on any atom is -0.508 e. The van der Waals surface area contributed by atoms with E-state index >= 15 is 0 Å². The van der Waals surface area contributed by atoms with Crippen LogP contribution in [0.25, 0.3) is 17.0 Å². The molecule has 3 heterocycles. The molecule has 0 radical (unpaired) electrons. The Kier molecular flexibility index (Phi) is 4.39. The minimum absolute atomic E-state index is 0.0123. The van der Waals surface area contributed by atoms with Crippen LogP contribution in [0.2, 0.25) is 0 Å². The number of nitrogens with one attached hydrogen (secondary N) is 1. The molecular formula is C19H16FN5O2. The average molecular weight is 365 g/mol. The summed E-state index contributed by atoms with van der Waals surface area (Å²) in [5, 5.41) is 26.7. The molecule has 0 amide bonds. The third kappa shape index (κ3) is 3.42. The highest BCUT2D eigenvalue weighted by Crippen LogP contribution is 2.21. The van der Waals surface area contributed by atoms with Crippen LogP contribution in [-0.4, -0.2) is 29.8 Å². The van der Waals surface area contributed by atoms with E-state index < -0.39 is 5.82 Å². The van der Waals surface area contributed by atoms with Crippen molar-refractivity contribution in [2.75, 3.05) is 5.32 Å². The predicted molar refractivity (Wildman–Crippen MR) is 97.5 cm³/mol. The second-order valence-electron chi connectivity index (χ2n) is 5.97. The highest BCUT2D eigenvalue weighted by molar-refractivity contribution is 5.60. The summed E-state index contributed by atoms with van der Waals surface area (Å²) >= 11 is 0. The molecule has 136 valence electrons. The van der Waals surface area contributed by atoms with E-state index in [9.17, 15) is 14.6 Å². The number of hydrogen-bond acceptors (Lipinski definition) is 6. The van der Waals surface area contributed by atoms with Crippen molar-refractivity contribution in [3.63, 3.8) is 0 Å². The molecule has 3 aromatic heterocycles. The topological polar surface area (TPSA) is 95.6 Å². The van der Waals surface area contributed by atoms with Gasteiger partial charge in [0.1, 0.15) is 23.1 Å². The van der Waals surface area contributed by atoms with Crippen molar-refractivity contribution in [2.24, 2.45) is 0 Å². The van der Waals surface area contributed by atoms with Gasteiger partial charge < -0.3 is 15.5 Å². The van der Waals surface area contributed by atoms with E-state index in [1.54, 1.807) is 41.2 Å². The number of hydrogen-bond donors (Lipinski definition) is 3. The third-order valence-electron chi connectivity index (χ3n) is 4.13. The maximum atomic E-state index is 13.4. The lowest BCUT2D eigenvalue weighted by molar-refractivity contribution is 0.282. The van der Waals surface area contributed by atoms with Crippen molar-refractivity contribution in [2.45, 2.75) is 13.2 Å². The van der Waals surface area contributed by atoms with Gasteiger partial charge in [-0.05, 0) is 48.0 Å². The molecular weight excluding hydrogens is 349 g/mol. The quantitative estimate of drug-likeness (QED) is 0.503. The van der Waals surface area contributed by atoms with Crippen molar-refractivity contribution in [1.82, 2.24) is 19.6 Å². The lowest BCUT2D eigenvalue weighted by Gasteiger charge is -2.09. The van der Waals surface area contributed by atoms with Crippen LogP contribution in [0.15, 0.2) is 54.9 Å². The number of rotatable bonds is 5. The second-order valence-corrected chi connectivity index (χ2v) is 5.97. The molecule has 0 fully saturated rings. The van der Waals surface area contributed by atoms with Crippen LogP contribution in [-0.2, 0) is 13.2 Å². The smallest absolute Gasteiger partial charge is 0.154 e. The number of aromatic nitrogens is 4. The normalized spacial score (nSPS) is 11.0. The van der Waals surface area contributed by atoms with Gasteiger partial charge in [-0.1, -0.05) is 0 Å². The molecule has 4 aromatic rings. The number of phenols is 1. The van der Waals surface area contributed by atoms with E-state index in [0.29, 0.717) is 28.4 Å². The summed E-state index contributed by atoms with van der Waals surface area (Å²) in [5.74, 6) is 0.127. The molecule has 0 saturated heterocycles. The Labute approximate surface area is 153 Å². The number of fused-ring (bicyclic) bond motifs is 1. The van der Waals surface area contributed by atoms with E-state index in [1.165, 1.54) is 18.2 Å². The SMILES string of the molecule is OCc1ccnc(-c2cnc3ccc(NCc4cc(F)ccc4O)nn23)c1. The van der Waals surface area contributed by atoms with E-state index in [0.717, 1.165) is 5.56 Å². The van der Waals surface area contributed by atoms with Gasteiger partial charge in [0.15, 0.2) is 5.65 Å². The van der Waals surface area contributed by atoms with Gasteiger partial charge >= 0.3 is 0 Å². The van der Waals surface area contributed by atoms with Crippen LogP contribution in [0, 0.1) is 5.82 Å². The van der Waals surface area contributed by atoms with Gasteiger partial charge in [0.05, 0.1) is 18.5 Å². The van der Waals surface area contributed by atoms with E-state index in [-0.39, 0.29) is 18.9 Å². The molecule has 0 spiro atoms. The largest absolute Gasteiger partial charge is 0.508 e. The number of nitrogens with zero attached hydrogens (tertiary/aromatic N) is 4. The minimum atomic E-state index is -0.417. The molecule has 0 saturated carbocycles. The molecule has 4 rings (SSSR count). The zero-order chi connectivity index (χ0) is 18.8. The lowest BCUT2D eigenvalue weighted by atomic mass is 10.2. The van der Waals surface area contributed by atoms with Crippen molar-refractivity contribution in [1.29, 1.82) is 0 Å². The molecule has 0 unspecified atom stereocenters. The van der Waals surface area contributed by atoms with Crippen LogP contribution >= 0.6 is 0 Å². The van der Waals surface area contributed by atoms with Gasteiger partial charge in [-0.3, -0.25) is 4.98 Å². The van der Waals surface area contributed by atoms with Crippen LogP contribution in [0.1, 0.15) is 11.1 Å². The highest BCUT2D eigenvalue weighted by Gasteiger charge is 2.10. The van der Waals surface area contributed by atoms with Crippen molar-refractivity contribution < 1.29 is 14.6 Å². The number of pyridine rings is 1. The van der Waals surface area contributed by atoms with Crippen LogP contribution in [0.4, 0.5) is 10.2 Å². The first-order valence-electron chi connectivity index (χ1n) is 8.26. The molecule has 0 bridgehead atoms. The Hall–Kier alpha value is -3.52. The van der Waals surface area contributed by atoms with E-state index in [1.807, 2.05) is 0 Å². The standard InChI is InChI=1S/C19H16FN5O2/c20-14-1-2-17(27)13(8-14)9-22-18-3-4-19-23-10-16(25(19)24-18)15-7-12(11-26)5-6-21-15/h1-8,10,26-27H,9,11H2,(H,22,24). The second kappa shape index (κ2) is 7.00. The van der Waals surface area contributed by atoms with Gasteiger partial charge in [-0.25, -0.2) is 13.9 Å². The number of aliphatic hydroxyl groups excluding tert-OH is 1. The molecule has 0 aliphatic heterocycles. The fourth-order valence-electron chi connectivity index (χ4n) is 2.74. The first kappa shape index (κ1) is 16.9. The Morgan fingerprint density at radius 3 is 2.81 bits per heavy atom. The monoisotopic (exact) mass is 365 g/mol. The first-order chi connectivity index (χ1) is 13.1. The number of imidazole rings is 1. The molecule has 0 aliphatic rings. The van der Waals surface area contributed by atoms with Crippen molar-refractivity contribution >= 4 is 11.5 Å². The summed E-state index contributed by atoms with van der Waals surface area (Å²) in [4.78, 5) is 8.63. The zero-order valence-corrected chi connectivity index (χ0v) is 14.2. The van der Waals surface area contributed by atoms with Gasteiger partial charge in [0.2, 0.25) is 0 Å². The van der Waals surface area contributed by atoms with Gasteiger partial charge in [0, 0.05) is 18.3 Å². The number of halogens is 1. The van der Waals surface area contributed by atoms with Crippen LogP contribution < -0.4 is 5.32 Å². The lowest BCUT2D eigenvalue weighted by Crippen LogP contribution is -2.05. The highest BCUT2D eigenvalue weighted by atomic mass is 19.1. The Bertz CT molecular complexity index is 1110. The first-order valence-corrected chi connectivity index (χ1v) is 8.26. The van der Waals surface area contributed by atoms with Crippen molar-refractivity contribution in [3.8, 4) is 17.1 Å². The average Bonchev–Trinajstić information content (AvgIpc) is 3.12. The Morgan fingerprint density at radius 1 is 1.07 bits per heavy atom. The molecule has 0 aliphatic carbocycles. The molecule has 7 nitrogen and oxygen atoms in total. The molecule has 1 aromatic carbocycles. The maximum Gasteiger partial charge on any atom is 0.154 e. The Morgan fingerprint density at radius 2 is 1.96 bits per heavy atom. The number of phenolic OH excluding ortho intramolecular Hbond substituents is 1. The third-order valence-corrected chi connectivity index (χ3v) is 4.13. The number of benzene rings is 1. The number of anilines is 1. The maximum absolute atomic E-state index is 13.4. The van der Waals surface area contributed by atoms with E-state index in [2.05, 4.69) is 20.4 Å². The fourth-order valence-corrected chi connectivity index (χ4v) is 2.74. The summed E-state index contributed by atoms with van der Waals surface area (Å²) in [5.41, 5.74) is 3.13. The predicted octanol–water partition coefficient (Wildman–Crippen LogP) is 2.74. The van der Waals surface area contributed by atoms with Crippen LogP contribution in [0.3, 0.4) is 0 Å². The number of aliphatic hydroxyl groups is 1.